The summed E-state index contributed by atoms with van der Waals surface area (Å²) in [6.45, 7) is 3.95. The standard InChI is InChI=1S/C36H38ClN3O2/c37-32-17-13-31(14-18-32)36(42)39-33-19-15-30(16-20-33)35(41)38-23-7-8-24-40-25-21-29(22-26-40)34(27-9-3-1-4-10-27)28-11-5-2-6-12-28/h1-6,9-20,29,34H,7-8,21-26H2,(H,38,41)(H,39,42). The Morgan fingerprint density at radius 2 is 1.26 bits per heavy atom. The van der Waals surface area contributed by atoms with Gasteiger partial charge in [0.2, 0.25) is 0 Å². The number of hydrogen-bond acceptors (Lipinski definition) is 3. The van der Waals surface area contributed by atoms with Gasteiger partial charge in [0, 0.05) is 34.3 Å². The molecule has 0 bridgehead atoms. The first-order chi connectivity index (χ1) is 20.6. The lowest BCUT2D eigenvalue weighted by atomic mass is 9.76. The first kappa shape index (κ1) is 29.6. The van der Waals surface area contributed by atoms with Crippen LogP contribution in [0.4, 0.5) is 5.69 Å². The van der Waals surface area contributed by atoms with Crippen molar-refractivity contribution in [3.05, 3.63) is 136 Å². The van der Waals surface area contributed by atoms with Crippen molar-refractivity contribution in [2.24, 2.45) is 5.92 Å². The predicted molar refractivity (Wildman–Crippen MR) is 171 cm³/mol. The van der Waals surface area contributed by atoms with Gasteiger partial charge in [0.1, 0.15) is 0 Å². The summed E-state index contributed by atoms with van der Waals surface area (Å²) in [5, 5.41) is 6.45. The van der Waals surface area contributed by atoms with Crippen molar-refractivity contribution < 1.29 is 9.59 Å². The molecular weight excluding hydrogens is 542 g/mol. The first-order valence-corrected chi connectivity index (χ1v) is 15.2. The molecule has 0 aliphatic carbocycles. The highest BCUT2D eigenvalue weighted by molar-refractivity contribution is 6.30. The quantitative estimate of drug-likeness (QED) is 0.179. The van der Waals surface area contributed by atoms with Crippen LogP contribution in [-0.4, -0.2) is 42.9 Å². The fourth-order valence-corrected chi connectivity index (χ4v) is 5.97. The van der Waals surface area contributed by atoms with E-state index < -0.39 is 0 Å². The van der Waals surface area contributed by atoms with E-state index in [1.807, 2.05) is 0 Å². The van der Waals surface area contributed by atoms with Gasteiger partial charge in [-0.25, -0.2) is 0 Å². The molecule has 0 unspecified atom stereocenters. The van der Waals surface area contributed by atoms with Crippen molar-refractivity contribution in [2.75, 3.05) is 31.5 Å². The minimum Gasteiger partial charge on any atom is -0.352 e. The van der Waals surface area contributed by atoms with Crippen LogP contribution in [0.1, 0.15) is 63.4 Å². The van der Waals surface area contributed by atoms with Crippen molar-refractivity contribution in [1.29, 1.82) is 0 Å². The van der Waals surface area contributed by atoms with Crippen LogP contribution in [0.5, 0.6) is 0 Å². The number of benzene rings is 4. The maximum atomic E-state index is 12.6. The molecule has 0 atom stereocenters. The normalized spacial score (nSPS) is 14.0. The van der Waals surface area contributed by atoms with Crippen LogP contribution < -0.4 is 10.6 Å². The fourth-order valence-electron chi connectivity index (χ4n) is 5.84. The molecule has 5 nitrogen and oxygen atoms in total. The average molecular weight is 580 g/mol. The second-order valence-corrected chi connectivity index (χ2v) is 11.4. The average Bonchev–Trinajstić information content (AvgIpc) is 3.03. The van der Waals surface area contributed by atoms with Crippen LogP contribution in [0.2, 0.25) is 5.02 Å². The number of piperidine rings is 1. The molecule has 1 aliphatic rings. The topological polar surface area (TPSA) is 61.4 Å². The van der Waals surface area contributed by atoms with Gasteiger partial charge in [0.05, 0.1) is 0 Å². The molecule has 1 heterocycles. The molecule has 5 rings (SSSR count). The zero-order valence-electron chi connectivity index (χ0n) is 23.8. The van der Waals surface area contributed by atoms with E-state index in [0.29, 0.717) is 40.2 Å². The molecule has 1 aliphatic heterocycles. The number of hydrogen-bond donors (Lipinski definition) is 2. The third-order valence-corrected chi connectivity index (χ3v) is 8.37. The molecule has 0 spiro atoms. The molecule has 216 valence electrons. The largest absolute Gasteiger partial charge is 0.352 e. The Hall–Kier alpha value is -3.93. The second kappa shape index (κ2) is 14.8. The number of rotatable bonds is 11. The van der Waals surface area contributed by atoms with Gasteiger partial charge in [-0.1, -0.05) is 72.3 Å². The first-order valence-electron chi connectivity index (χ1n) is 14.8. The van der Waals surface area contributed by atoms with E-state index in [9.17, 15) is 9.59 Å². The van der Waals surface area contributed by atoms with Gasteiger partial charge in [-0.15, -0.1) is 0 Å². The lowest BCUT2D eigenvalue weighted by Gasteiger charge is -2.36. The number of unbranched alkanes of at least 4 members (excludes halogenated alkanes) is 1. The number of carbonyl (C=O) groups excluding carboxylic acids is 2. The third kappa shape index (κ3) is 8.09. The summed E-state index contributed by atoms with van der Waals surface area (Å²) in [6.07, 6.45) is 4.39. The van der Waals surface area contributed by atoms with Gasteiger partial charge in [-0.05, 0) is 111 Å². The Morgan fingerprint density at radius 1 is 0.714 bits per heavy atom. The molecule has 0 aromatic heterocycles. The van der Waals surface area contributed by atoms with Crippen LogP contribution in [0.25, 0.3) is 0 Å². The van der Waals surface area contributed by atoms with Crippen molar-refractivity contribution in [3.8, 4) is 0 Å². The zero-order chi connectivity index (χ0) is 29.1. The lowest BCUT2D eigenvalue weighted by molar-refractivity contribution is 0.0951. The monoisotopic (exact) mass is 579 g/mol. The molecule has 42 heavy (non-hydrogen) atoms. The molecule has 6 heteroatoms. The Kier molecular flexibility index (Phi) is 10.4. The van der Waals surface area contributed by atoms with Crippen molar-refractivity contribution >= 4 is 29.1 Å². The minimum absolute atomic E-state index is 0.0979. The Morgan fingerprint density at radius 3 is 1.86 bits per heavy atom. The summed E-state index contributed by atoms with van der Waals surface area (Å²) in [6, 6.07) is 35.5. The van der Waals surface area contributed by atoms with Gasteiger partial charge < -0.3 is 15.5 Å². The summed E-state index contributed by atoms with van der Waals surface area (Å²) in [7, 11) is 0. The molecule has 4 aromatic carbocycles. The van der Waals surface area contributed by atoms with E-state index in [1.165, 1.54) is 24.0 Å². The number of halogens is 1. The van der Waals surface area contributed by atoms with Crippen molar-refractivity contribution in [1.82, 2.24) is 10.2 Å². The Balaban J connectivity index is 1.01. The molecular formula is C36H38ClN3O2. The van der Waals surface area contributed by atoms with E-state index in [1.54, 1.807) is 48.5 Å². The highest BCUT2D eigenvalue weighted by atomic mass is 35.5. The Labute approximate surface area is 253 Å². The highest BCUT2D eigenvalue weighted by Gasteiger charge is 2.28. The zero-order valence-corrected chi connectivity index (χ0v) is 24.6. The van der Waals surface area contributed by atoms with E-state index in [0.717, 1.165) is 32.5 Å². The fraction of sp³-hybridized carbons (Fsp3) is 0.278. The molecule has 2 amide bonds. The molecule has 4 aromatic rings. The summed E-state index contributed by atoms with van der Waals surface area (Å²) in [5.74, 6) is 0.764. The van der Waals surface area contributed by atoms with E-state index >= 15 is 0 Å². The van der Waals surface area contributed by atoms with E-state index in [-0.39, 0.29) is 11.8 Å². The molecule has 0 radical (unpaired) electrons. The SMILES string of the molecule is O=C(NCCCCN1CCC(C(c2ccccc2)c2ccccc2)CC1)c1ccc(NC(=O)c2ccc(Cl)cc2)cc1. The maximum Gasteiger partial charge on any atom is 0.255 e. The minimum atomic E-state index is -0.222. The van der Waals surface area contributed by atoms with Crippen LogP contribution in [0.15, 0.2) is 109 Å². The lowest BCUT2D eigenvalue weighted by Crippen LogP contribution is -2.36. The van der Waals surface area contributed by atoms with Crippen LogP contribution in [-0.2, 0) is 0 Å². The highest BCUT2D eigenvalue weighted by Crippen LogP contribution is 2.37. The third-order valence-electron chi connectivity index (χ3n) is 8.12. The van der Waals surface area contributed by atoms with Crippen LogP contribution in [0.3, 0.4) is 0 Å². The smallest absolute Gasteiger partial charge is 0.255 e. The number of anilines is 1. The summed E-state index contributed by atoms with van der Waals surface area (Å²) < 4.78 is 0. The molecule has 0 saturated carbocycles. The molecule has 1 saturated heterocycles. The van der Waals surface area contributed by atoms with Crippen LogP contribution in [0, 0.1) is 5.92 Å². The molecule has 1 fully saturated rings. The predicted octanol–water partition coefficient (Wildman–Crippen LogP) is 7.65. The Bertz CT molecular complexity index is 1380. The summed E-state index contributed by atoms with van der Waals surface area (Å²) in [5.41, 5.74) is 4.56. The number of likely N-dealkylation sites (tertiary alicyclic amines) is 1. The number of carbonyl (C=O) groups is 2. The van der Waals surface area contributed by atoms with Crippen molar-refractivity contribution in [2.45, 2.75) is 31.6 Å². The molecule has 2 N–H and O–H groups in total. The van der Waals surface area contributed by atoms with E-state index in [2.05, 4.69) is 76.2 Å². The maximum absolute atomic E-state index is 12.6. The van der Waals surface area contributed by atoms with E-state index in [4.69, 9.17) is 11.6 Å². The number of nitrogens with zero attached hydrogens (tertiary/aromatic N) is 1. The van der Waals surface area contributed by atoms with Gasteiger partial charge >= 0.3 is 0 Å². The van der Waals surface area contributed by atoms with Gasteiger partial charge in [-0.2, -0.15) is 0 Å². The summed E-state index contributed by atoms with van der Waals surface area (Å²) in [4.78, 5) is 27.6. The van der Waals surface area contributed by atoms with Crippen LogP contribution >= 0.6 is 11.6 Å². The van der Waals surface area contributed by atoms with Gasteiger partial charge in [0.25, 0.3) is 11.8 Å². The second-order valence-electron chi connectivity index (χ2n) is 11.0. The summed E-state index contributed by atoms with van der Waals surface area (Å²) >= 11 is 5.89. The van der Waals surface area contributed by atoms with Crippen molar-refractivity contribution in [3.63, 3.8) is 0 Å². The number of amides is 2. The van der Waals surface area contributed by atoms with Gasteiger partial charge in [-0.3, -0.25) is 9.59 Å². The van der Waals surface area contributed by atoms with Gasteiger partial charge in [0.15, 0.2) is 0 Å². The number of nitrogens with one attached hydrogen (secondary N) is 2.